The number of aromatic amines is 1. The monoisotopic (exact) mass is 804 g/mol. The van der Waals surface area contributed by atoms with Crippen molar-refractivity contribution in [2.75, 3.05) is 0 Å². The molecule has 0 saturated carbocycles. The minimum Gasteiger partial charge on any atom is -0.354 e. The largest absolute Gasteiger partial charge is 0.354 e. The minimum atomic E-state index is 0.704. The van der Waals surface area contributed by atoms with Gasteiger partial charge in [0.05, 0.1) is 18.3 Å². The smallest absolute Gasteiger partial charge is 0.0946 e. The molecule has 0 aliphatic rings. The fourth-order valence-corrected chi connectivity index (χ4v) is 5.77. The van der Waals surface area contributed by atoms with E-state index in [9.17, 15) is 0 Å². The van der Waals surface area contributed by atoms with E-state index in [2.05, 4.69) is 192 Å². The van der Waals surface area contributed by atoms with Crippen LogP contribution in [0.4, 0.5) is 0 Å². The van der Waals surface area contributed by atoms with E-state index in [1.165, 1.54) is 41.1 Å². The number of H-pyrrole nitrogens is 1. The topological polar surface area (TPSA) is 77.2 Å². The summed E-state index contributed by atoms with van der Waals surface area (Å²) in [5, 5.41) is 0. The molecule has 5 heterocycles. The molecule has 0 spiro atoms. The first-order valence-electron chi connectivity index (χ1n) is 22.0. The highest BCUT2D eigenvalue weighted by molar-refractivity contribution is 5.15. The molecule has 0 bridgehead atoms. The van der Waals surface area contributed by atoms with E-state index in [-0.39, 0.29) is 0 Å². The summed E-state index contributed by atoms with van der Waals surface area (Å²) in [6.45, 7) is 27.8. The van der Waals surface area contributed by atoms with Crippen molar-refractivity contribution in [2.24, 2.45) is 42.6 Å². The Morgan fingerprint density at radius 3 is 1.51 bits per heavy atom. The van der Waals surface area contributed by atoms with Gasteiger partial charge in [-0.15, -0.1) is 0 Å². The van der Waals surface area contributed by atoms with Crippen molar-refractivity contribution < 1.29 is 0 Å². The van der Waals surface area contributed by atoms with Crippen LogP contribution >= 0.6 is 0 Å². The van der Waals surface area contributed by atoms with Gasteiger partial charge < -0.3 is 14.1 Å². The predicted molar refractivity (Wildman–Crippen MR) is 253 cm³/mol. The van der Waals surface area contributed by atoms with E-state index in [0.29, 0.717) is 17.8 Å². The Morgan fingerprint density at radius 2 is 1.05 bits per heavy atom. The summed E-state index contributed by atoms with van der Waals surface area (Å²) in [6, 6.07) is 24.9. The third-order valence-corrected chi connectivity index (χ3v) is 8.41. The first-order valence-corrected chi connectivity index (χ1v) is 22.0. The van der Waals surface area contributed by atoms with Crippen LogP contribution in [0.5, 0.6) is 0 Å². The third-order valence-electron chi connectivity index (χ3n) is 8.41. The van der Waals surface area contributed by atoms with Gasteiger partial charge in [-0.25, -0.2) is 9.97 Å². The van der Waals surface area contributed by atoms with Crippen LogP contribution in [0.2, 0.25) is 0 Å². The molecule has 6 rings (SSSR count). The Balaban J connectivity index is 0.000000354. The zero-order valence-corrected chi connectivity index (χ0v) is 39.2. The van der Waals surface area contributed by atoms with Crippen LogP contribution in [-0.4, -0.2) is 34.1 Å². The summed E-state index contributed by atoms with van der Waals surface area (Å²) in [6.07, 6.45) is 24.2. The standard InChI is InChI=1S/C10H14.C9H13N.C9H15N.C9H13N.C8H14N2.C7H12N2/c1-9(2)8-10-6-4-3-5-7-10;1-8(2)7-9-3-5-10-6-4-9;1-9(2)5-8-10-6-3-4-7-10;1-8(2)7-9-5-3-4-6-10-9;1-7(2)4-8-5-10(3)6-9-8;1-6(2)3-7-4-8-5-9-7/h3-7,9H,8H2,1-2H3;3-6,8H,7H2,1-2H3;3-4,6-7,9H,5,8H2,1-2H3;3-6,8H,7H2,1-2H3;5-7H,4H2,1-3H3;4-6H,3H2,1-2H3,(H,8,9). The summed E-state index contributed by atoms with van der Waals surface area (Å²) in [5.74, 6) is 4.43. The van der Waals surface area contributed by atoms with E-state index in [4.69, 9.17) is 0 Å². The van der Waals surface area contributed by atoms with E-state index >= 15 is 0 Å². The van der Waals surface area contributed by atoms with Crippen LogP contribution in [0, 0.1) is 35.5 Å². The molecule has 7 nitrogen and oxygen atoms in total. The summed E-state index contributed by atoms with van der Waals surface area (Å²) in [7, 11) is 2.00. The maximum absolute atomic E-state index is 4.22. The van der Waals surface area contributed by atoms with Gasteiger partial charge in [0.2, 0.25) is 0 Å². The van der Waals surface area contributed by atoms with Crippen molar-refractivity contribution in [2.45, 2.75) is 128 Å². The van der Waals surface area contributed by atoms with Crippen LogP contribution in [0.15, 0.2) is 129 Å². The first-order chi connectivity index (χ1) is 28.1. The predicted octanol–water partition coefficient (Wildman–Crippen LogP) is 13.2. The molecular weight excluding hydrogens is 723 g/mol. The molecular formula is C52H81N7. The number of nitrogens with zero attached hydrogens (tertiary/aromatic N) is 6. The van der Waals surface area contributed by atoms with Crippen LogP contribution < -0.4 is 0 Å². The lowest BCUT2D eigenvalue weighted by molar-refractivity contribution is 0.517. The van der Waals surface area contributed by atoms with Gasteiger partial charge in [-0.1, -0.05) is 119 Å². The van der Waals surface area contributed by atoms with Gasteiger partial charge in [0.15, 0.2) is 0 Å². The second kappa shape index (κ2) is 32.1. The van der Waals surface area contributed by atoms with Gasteiger partial charge in [0.1, 0.15) is 0 Å². The van der Waals surface area contributed by atoms with Crippen molar-refractivity contribution in [3.8, 4) is 0 Å². The molecule has 0 saturated heterocycles. The number of rotatable bonds is 13. The SMILES string of the molecule is CC(C)CCn1cccc1.CC(C)Cc1ccccc1.CC(C)Cc1ccccn1.CC(C)Cc1ccncc1.CC(C)Cc1cn(C)cn1.CC(C)Cc1cnc[nH]1. The van der Waals surface area contributed by atoms with Crippen molar-refractivity contribution in [3.63, 3.8) is 0 Å². The molecule has 324 valence electrons. The lowest BCUT2D eigenvalue weighted by atomic mass is 10.0. The van der Waals surface area contributed by atoms with Crippen LogP contribution in [0.3, 0.4) is 0 Å². The first kappa shape index (κ1) is 52.2. The number of imidazole rings is 2. The zero-order valence-electron chi connectivity index (χ0n) is 39.2. The molecule has 1 aromatic carbocycles. The fourth-order valence-electron chi connectivity index (χ4n) is 5.77. The molecule has 6 aromatic rings. The van der Waals surface area contributed by atoms with E-state index in [1.54, 1.807) is 6.33 Å². The number of nitrogens with one attached hydrogen (secondary N) is 1. The van der Waals surface area contributed by atoms with Crippen LogP contribution in [-0.2, 0) is 45.7 Å². The second-order valence-electron chi connectivity index (χ2n) is 17.9. The van der Waals surface area contributed by atoms with Gasteiger partial charge >= 0.3 is 0 Å². The molecule has 1 N–H and O–H groups in total. The van der Waals surface area contributed by atoms with Crippen molar-refractivity contribution in [3.05, 3.63) is 157 Å². The molecule has 0 radical (unpaired) electrons. The molecule has 59 heavy (non-hydrogen) atoms. The molecule has 5 aromatic heterocycles. The second-order valence-corrected chi connectivity index (χ2v) is 17.9. The molecule has 0 unspecified atom stereocenters. The average molecular weight is 804 g/mol. The Hall–Kier alpha value is -4.78. The summed E-state index contributed by atoms with van der Waals surface area (Å²) < 4.78 is 4.21. The van der Waals surface area contributed by atoms with Crippen molar-refractivity contribution >= 4 is 0 Å². The van der Waals surface area contributed by atoms with Gasteiger partial charge in [0, 0.05) is 68.4 Å². The van der Waals surface area contributed by atoms with Crippen LogP contribution in [0.1, 0.15) is 118 Å². The number of pyridine rings is 2. The maximum Gasteiger partial charge on any atom is 0.0946 e. The number of benzene rings is 1. The minimum absolute atomic E-state index is 0.704. The lowest BCUT2D eigenvalue weighted by Gasteiger charge is -2.04. The summed E-state index contributed by atoms with van der Waals surface area (Å²) in [4.78, 5) is 19.4. The van der Waals surface area contributed by atoms with E-state index in [1.807, 2.05) is 54.9 Å². The lowest BCUT2D eigenvalue weighted by Crippen LogP contribution is -1.97. The molecule has 0 amide bonds. The highest BCUT2D eigenvalue weighted by atomic mass is 15.0. The van der Waals surface area contributed by atoms with E-state index in [0.717, 1.165) is 50.0 Å². The average Bonchev–Trinajstić information content (AvgIpc) is 3.97. The molecule has 0 aliphatic carbocycles. The summed E-state index contributed by atoms with van der Waals surface area (Å²) >= 11 is 0. The van der Waals surface area contributed by atoms with Crippen molar-refractivity contribution in [1.82, 2.24) is 34.1 Å². The summed E-state index contributed by atoms with van der Waals surface area (Å²) in [5.41, 5.74) is 6.43. The Kier molecular flexibility index (Phi) is 28.4. The van der Waals surface area contributed by atoms with Gasteiger partial charge in [-0.05, 0) is 122 Å². The number of aryl methyl sites for hydroxylation is 2. The highest BCUT2D eigenvalue weighted by Crippen LogP contribution is 2.08. The van der Waals surface area contributed by atoms with E-state index < -0.39 is 0 Å². The normalized spacial score (nSPS) is 10.5. The number of hydrogen-bond acceptors (Lipinski definition) is 4. The number of aromatic nitrogens is 7. The van der Waals surface area contributed by atoms with Crippen molar-refractivity contribution in [1.29, 1.82) is 0 Å². The third kappa shape index (κ3) is 30.9. The Bertz CT molecular complexity index is 1630. The molecule has 0 atom stereocenters. The molecule has 0 aliphatic heterocycles. The van der Waals surface area contributed by atoms with Gasteiger partial charge in [-0.2, -0.15) is 0 Å². The molecule has 7 heteroatoms. The Morgan fingerprint density at radius 1 is 0.508 bits per heavy atom. The fraction of sp³-hybridized carbons (Fsp3) is 0.500. The van der Waals surface area contributed by atoms with Crippen LogP contribution in [0.25, 0.3) is 0 Å². The Labute approximate surface area is 360 Å². The highest BCUT2D eigenvalue weighted by Gasteiger charge is 2.00. The number of hydrogen-bond donors (Lipinski definition) is 1. The molecule has 0 fully saturated rings. The zero-order chi connectivity index (χ0) is 43.8. The maximum atomic E-state index is 4.22. The quantitative estimate of drug-likeness (QED) is 0.126. The van der Waals surface area contributed by atoms with Gasteiger partial charge in [0.25, 0.3) is 0 Å². The van der Waals surface area contributed by atoms with Gasteiger partial charge in [-0.3, -0.25) is 9.97 Å².